The van der Waals surface area contributed by atoms with Gasteiger partial charge >= 0.3 is 6.09 Å². The van der Waals surface area contributed by atoms with Crippen molar-refractivity contribution in [2.45, 2.75) is 48.2 Å². The normalized spacial score (nSPS) is 15.7. The number of benzene rings is 3. The zero-order chi connectivity index (χ0) is 36.2. The molecule has 1 aliphatic carbocycles. The fourth-order valence-electron chi connectivity index (χ4n) is 6.54. The number of alkyl carbamates (subject to hydrolysis) is 1. The van der Waals surface area contributed by atoms with Crippen LogP contribution in [-0.2, 0) is 26.1 Å². The van der Waals surface area contributed by atoms with E-state index >= 15 is 0 Å². The van der Waals surface area contributed by atoms with Crippen molar-refractivity contribution in [3.8, 4) is 0 Å². The second kappa shape index (κ2) is 15.3. The number of aromatic amines is 1. The maximum absolute atomic E-state index is 14.1. The van der Waals surface area contributed by atoms with Gasteiger partial charge in [-0.3, -0.25) is 4.79 Å². The van der Waals surface area contributed by atoms with Gasteiger partial charge in [0, 0.05) is 46.8 Å². The first-order valence-corrected chi connectivity index (χ1v) is 18.6. The lowest BCUT2D eigenvalue weighted by Gasteiger charge is -2.39. The molecule has 4 N–H and O–H groups in total. The number of hydrogen-bond donors (Lipinski definition) is 4. The molecule has 0 radical (unpaired) electrons. The van der Waals surface area contributed by atoms with E-state index in [4.69, 9.17) is 4.74 Å². The predicted molar refractivity (Wildman–Crippen MR) is 190 cm³/mol. The van der Waals surface area contributed by atoms with Gasteiger partial charge in [-0.2, -0.15) is 4.31 Å². The number of aromatic nitrogens is 1. The third-order valence-electron chi connectivity index (χ3n) is 9.11. The van der Waals surface area contributed by atoms with Crippen LogP contribution in [0.1, 0.15) is 45.7 Å². The van der Waals surface area contributed by atoms with Crippen LogP contribution in [0.5, 0.6) is 0 Å². The molecule has 1 fully saturated rings. The van der Waals surface area contributed by atoms with Gasteiger partial charge in [-0.05, 0) is 52.8 Å². The number of aliphatic hydroxyl groups excluding tert-OH is 1. The van der Waals surface area contributed by atoms with E-state index in [1.807, 2.05) is 60.7 Å². The molecule has 0 aliphatic heterocycles. The molecule has 14 heteroatoms. The number of H-pyrrole nitrogens is 1. The lowest BCUT2D eigenvalue weighted by molar-refractivity contribution is -0.123. The van der Waals surface area contributed by atoms with E-state index in [0.29, 0.717) is 15.3 Å². The van der Waals surface area contributed by atoms with Gasteiger partial charge in [-0.1, -0.05) is 66.7 Å². The summed E-state index contributed by atoms with van der Waals surface area (Å²) in [6.07, 6.45) is 0.0247. The monoisotopic (exact) mass is 736 g/mol. The molecule has 10 nitrogen and oxygen atoms in total. The second-order valence-corrected chi connectivity index (χ2v) is 15.7. The van der Waals surface area contributed by atoms with Crippen LogP contribution < -0.4 is 10.6 Å². The first-order valence-electron chi connectivity index (χ1n) is 16.4. The molecule has 1 saturated carbocycles. The molecule has 2 heterocycles. The molecule has 2 atom stereocenters. The molecule has 3 aromatic carbocycles. The first kappa shape index (κ1) is 36.2. The second-order valence-electron chi connectivity index (χ2n) is 12.6. The summed E-state index contributed by atoms with van der Waals surface area (Å²) in [7, 11) is -3.03. The molecule has 2 amide bonds. The van der Waals surface area contributed by atoms with Crippen molar-refractivity contribution in [3.05, 3.63) is 124 Å². The number of nitrogens with one attached hydrogen (secondary N) is 3. The van der Waals surface area contributed by atoms with Crippen LogP contribution in [0.25, 0.3) is 10.9 Å². The highest BCUT2D eigenvalue weighted by Crippen LogP contribution is 2.45. The van der Waals surface area contributed by atoms with Crippen LogP contribution in [0.15, 0.2) is 108 Å². The van der Waals surface area contributed by atoms with E-state index in [1.54, 1.807) is 30.5 Å². The summed E-state index contributed by atoms with van der Waals surface area (Å²) in [5.41, 5.74) is 2.19. The standard InChI is InChI=1S/C37H38F2N4O6S2/c1-49-36(46)42-34(33(26-8-4-2-5-9-26)27-10-6-3-7-11-27)35(45)41-21-28-13-15-32(50-28)31(23-44)43(22-24-19-37(38,39)20-24)51(47,48)29-14-12-25-16-17-40-30(25)18-29/h2-18,24,31,33-34,40,44H,19-23H2,1H3,(H,41,45)(H,42,46). The Labute approximate surface area is 298 Å². The smallest absolute Gasteiger partial charge is 0.407 e. The number of alkyl halides is 2. The van der Waals surface area contributed by atoms with E-state index in [2.05, 4.69) is 15.6 Å². The Balaban J connectivity index is 1.25. The van der Waals surface area contributed by atoms with E-state index in [9.17, 15) is 31.9 Å². The van der Waals surface area contributed by atoms with Gasteiger partial charge in [-0.15, -0.1) is 11.3 Å². The molecule has 2 aromatic heterocycles. The van der Waals surface area contributed by atoms with Gasteiger partial charge in [0.15, 0.2) is 0 Å². The van der Waals surface area contributed by atoms with Gasteiger partial charge in [0.2, 0.25) is 21.9 Å². The van der Waals surface area contributed by atoms with Gasteiger partial charge in [0.05, 0.1) is 31.2 Å². The largest absolute Gasteiger partial charge is 0.453 e. The Morgan fingerprint density at radius 3 is 2.27 bits per heavy atom. The van der Waals surface area contributed by atoms with Crippen molar-refractivity contribution < 1.29 is 36.6 Å². The Hall–Kier alpha value is -4.63. The van der Waals surface area contributed by atoms with Crippen molar-refractivity contribution in [1.29, 1.82) is 0 Å². The minimum atomic E-state index is -4.25. The molecule has 51 heavy (non-hydrogen) atoms. The zero-order valence-corrected chi connectivity index (χ0v) is 29.3. The number of carbonyl (C=O) groups is 2. The molecular formula is C37H38F2N4O6S2. The van der Waals surface area contributed by atoms with Crippen molar-refractivity contribution in [3.63, 3.8) is 0 Å². The Kier molecular flexibility index (Phi) is 10.9. The lowest BCUT2D eigenvalue weighted by atomic mass is 9.81. The lowest BCUT2D eigenvalue weighted by Crippen LogP contribution is -2.50. The van der Waals surface area contributed by atoms with E-state index in [-0.39, 0.29) is 18.0 Å². The molecule has 1 aliphatic rings. The number of hydrogen-bond acceptors (Lipinski definition) is 7. The number of thiophene rings is 1. The van der Waals surface area contributed by atoms with Gasteiger partial charge in [0.25, 0.3) is 0 Å². The fraction of sp³-hybridized carbons (Fsp3) is 0.297. The number of sulfonamides is 1. The maximum Gasteiger partial charge on any atom is 0.407 e. The number of rotatable bonds is 14. The molecule has 5 aromatic rings. The minimum absolute atomic E-state index is 0.0263. The van der Waals surface area contributed by atoms with Crippen molar-refractivity contribution >= 4 is 44.3 Å². The minimum Gasteiger partial charge on any atom is -0.453 e. The molecule has 6 rings (SSSR count). The number of aliphatic hydroxyl groups is 1. The van der Waals surface area contributed by atoms with Crippen molar-refractivity contribution in [2.75, 3.05) is 20.3 Å². The molecule has 0 spiro atoms. The average molecular weight is 737 g/mol. The number of methoxy groups -OCH3 is 1. The van der Waals surface area contributed by atoms with Crippen molar-refractivity contribution in [2.24, 2.45) is 5.92 Å². The number of fused-ring (bicyclic) bond motifs is 1. The van der Waals surface area contributed by atoms with Crippen LogP contribution in [-0.4, -0.2) is 67.0 Å². The quantitative estimate of drug-likeness (QED) is 0.108. The van der Waals surface area contributed by atoms with Crippen LogP contribution in [0.4, 0.5) is 13.6 Å². The highest BCUT2D eigenvalue weighted by molar-refractivity contribution is 7.89. The average Bonchev–Trinajstić information content (AvgIpc) is 3.80. The molecule has 0 bridgehead atoms. The number of amides is 2. The SMILES string of the molecule is COC(=O)NC(C(=O)NCc1ccc(C(CO)N(CC2CC(F)(F)C2)S(=O)(=O)c2ccc3cc[nH]c3c2)s1)C(c1ccccc1)c1ccccc1. The summed E-state index contributed by atoms with van der Waals surface area (Å²) >= 11 is 1.19. The Morgan fingerprint density at radius 1 is 1.00 bits per heavy atom. The number of carbonyl (C=O) groups excluding carboxylic acids is 2. The van der Waals surface area contributed by atoms with Gasteiger partial charge < -0.3 is 25.5 Å². The zero-order valence-electron chi connectivity index (χ0n) is 27.7. The Morgan fingerprint density at radius 2 is 1.67 bits per heavy atom. The predicted octanol–water partition coefficient (Wildman–Crippen LogP) is 6.17. The Bertz CT molecular complexity index is 2030. The van der Waals surface area contributed by atoms with Crippen LogP contribution >= 0.6 is 11.3 Å². The van der Waals surface area contributed by atoms with E-state index in [0.717, 1.165) is 20.8 Å². The fourth-order valence-corrected chi connectivity index (χ4v) is 9.37. The highest BCUT2D eigenvalue weighted by Gasteiger charge is 2.48. The summed E-state index contributed by atoms with van der Waals surface area (Å²) in [6.45, 7) is -0.764. The van der Waals surface area contributed by atoms with E-state index < -0.39 is 71.3 Å². The van der Waals surface area contributed by atoms with Crippen LogP contribution in [0.3, 0.4) is 0 Å². The molecule has 2 unspecified atom stereocenters. The molecular weight excluding hydrogens is 699 g/mol. The summed E-state index contributed by atoms with van der Waals surface area (Å²) in [4.78, 5) is 30.4. The molecule has 268 valence electrons. The topological polar surface area (TPSA) is 141 Å². The van der Waals surface area contributed by atoms with Gasteiger partial charge in [0.1, 0.15) is 6.04 Å². The number of halogens is 2. The first-order chi connectivity index (χ1) is 24.5. The van der Waals surface area contributed by atoms with Crippen LogP contribution in [0, 0.1) is 5.92 Å². The van der Waals surface area contributed by atoms with Crippen LogP contribution in [0.2, 0.25) is 0 Å². The van der Waals surface area contributed by atoms with E-state index in [1.165, 1.54) is 30.6 Å². The summed E-state index contributed by atoms with van der Waals surface area (Å²) in [5.74, 6) is -4.49. The number of ether oxygens (including phenoxy) is 1. The maximum atomic E-state index is 14.1. The van der Waals surface area contributed by atoms with Crippen molar-refractivity contribution in [1.82, 2.24) is 19.9 Å². The molecule has 0 saturated heterocycles. The summed E-state index contributed by atoms with van der Waals surface area (Å²) in [5, 5.41) is 17.0. The number of nitrogens with zero attached hydrogens (tertiary/aromatic N) is 1. The summed E-state index contributed by atoms with van der Waals surface area (Å²) in [6, 6.07) is 26.3. The third kappa shape index (κ3) is 8.14. The highest BCUT2D eigenvalue weighted by atomic mass is 32.2. The van der Waals surface area contributed by atoms with Gasteiger partial charge in [-0.25, -0.2) is 22.0 Å². The third-order valence-corrected chi connectivity index (χ3v) is 12.2. The summed E-state index contributed by atoms with van der Waals surface area (Å²) < 4.78 is 62.0.